The molecule has 0 radical (unpaired) electrons. The van der Waals surface area contributed by atoms with Gasteiger partial charge in [0.15, 0.2) is 5.17 Å². The molecule has 0 saturated carbocycles. The van der Waals surface area contributed by atoms with Gasteiger partial charge in [-0.15, -0.1) is 11.3 Å². The van der Waals surface area contributed by atoms with Crippen molar-refractivity contribution in [2.24, 2.45) is 4.99 Å². The summed E-state index contributed by atoms with van der Waals surface area (Å²) in [5.41, 5.74) is 1.88. The Morgan fingerprint density at radius 3 is 2.64 bits per heavy atom. The third kappa shape index (κ3) is 3.80. The second-order valence-electron chi connectivity index (χ2n) is 5.25. The highest BCUT2D eigenvalue weighted by Gasteiger charge is 2.32. The maximum absolute atomic E-state index is 12.6. The van der Waals surface area contributed by atoms with Crippen LogP contribution >= 0.6 is 23.1 Å². The highest BCUT2D eigenvalue weighted by Crippen LogP contribution is 2.34. The zero-order chi connectivity index (χ0) is 18.0. The number of nitrogens with zero attached hydrogens (tertiary/aromatic N) is 3. The van der Waals surface area contributed by atoms with E-state index in [0.29, 0.717) is 21.7 Å². The lowest BCUT2D eigenvalue weighted by atomic mass is 10.1. The summed E-state index contributed by atoms with van der Waals surface area (Å²) < 4.78 is 0. The molecular formula is C17H15N3O3S2. The number of carboxylic acid groups (broad SMARTS) is 1. The van der Waals surface area contributed by atoms with Gasteiger partial charge in [0.25, 0.3) is 5.91 Å². The molecule has 1 N–H and O–H groups in total. The number of aryl methyl sites for hydroxylation is 1. The second-order valence-corrected chi connectivity index (χ2v) is 7.10. The second kappa shape index (κ2) is 7.20. The zero-order valence-electron chi connectivity index (χ0n) is 13.6. The predicted molar refractivity (Wildman–Crippen MR) is 100 cm³/mol. The molecular weight excluding hydrogens is 358 g/mol. The third-order valence-electron chi connectivity index (χ3n) is 3.46. The smallest absolute Gasteiger partial charge is 0.335 e. The molecule has 1 aliphatic rings. The van der Waals surface area contributed by atoms with E-state index in [1.54, 1.807) is 23.1 Å². The van der Waals surface area contributed by atoms with E-state index in [1.807, 2.05) is 19.2 Å². The van der Waals surface area contributed by atoms with Crippen LogP contribution in [0.2, 0.25) is 0 Å². The highest BCUT2D eigenvalue weighted by molar-refractivity contribution is 8.18. The minimum absolute atomic E-state index is 0.109. The van der Waals surface area contributed by atoms with Crippen molar-refractivity contribution in [2.75, 3.05) is 6.54 Å². The van der Waals surface area contributed by atoms with Crippen LogP contribution in [0.15, 0.2) is 39.5 Å². The van der Waals surface area contributed by atoms with Crippen molar-refractivity contribution < 1.29 is 14.7 Å². The number of hydrogen-bond acceptors (Lipinski definition) is 6. The maximum Gasteiger partial charge on any atom is 0.335 e. The molecule has 0 bridgehead atoms. The standard InChI is InChI=1S/C17H15N3O3S2/c1-3-20-14(21)13(8-11-4-6-12(7-5-11)15(22)23)25-17(20)19-16-18-10(2)9-24-16/h4-9H,3H2,1-2H3,(H,22,23)/b13-8-,19-17+. The molecule has 3 rings (SSSR count). The zero-order valence-corrected chi connectivity index (χ0v) is 15.2. The van der Waals surface area contributed by atoms with Gasteiger partial charge in [-0.2, -0.15) is 4.99 Å². The fourth-order valence-electron chi connectivity index (χ4n) is 2.22. The van der Waals surface area contributed by atoms with E-state index in [-0.39, 0.29) is 11.5 Å². The van der Waals surface area contributed by atoms with Crippen LogP contribution in [0.1, 0.15) is 28.5 Å². The summed E-state index contributed by atoms with van der Waals surface area (Å²) >= 11 is 2.73. The SMILES string of the molecule is CCN1C(=O)/C(=C/c2ccc(C(=O)O)cc2)S/C1=N/c1nc(C)cs1. The molecule has 1 fully saturated rings. The summed E-state index contributed by atoms with van der Waals surface area (Å²) in [5, 5.41) is 12.1. The lowest BCUT2D eigenvalue weighted by molar-refractivity contribution is -0.122. The minimum Gasteiger partial charge on any atom is -0.478 e. The Morgan fingerprint density at radius 1 is 1.36 bits per heavy atom. The minimum atomic E-state index is -0.976. The van der Waals surface area contributed by atoms with Crippen LogP contribution in [-0.2, 0) is 4.79 Å². The average molecular weight is 373 g/mol. The van der Waals surface area contributed by atoms with Crippen LogP contribution in [0.5, 0.6) is 0 Å². The fraction of sp³-hybridized carbons (Fsp3) is 0.176. The predicted octanol–water partition coefficient (Wildman–Crippen LogP) is 3.77. The number of thiazole rings is 1. The normalized spacial score (nSPS) is 17.7. The largest absolute Gasteiger partial charge is 0.478 e. The topological polar surface area (TPSA) is 82.9 Å². The molecule has 2 aromatic rings. The van der Waals surface area contributed by atoms with Gasteiger partial charge in [-0.3, -0.25) is 9.69 Å². The third-order valence-corrected chi connectivity index (χ3v) is 5.32. The number of amides is 1. The molecule has 0 aliphatic carbocycles. The van der Waals surface area contributed by atoms with E-state index in [9.17, 15) is 9.59 Å². The summed E-state index contributed by atoms with van der Waals surface area (Å²) in [7, 11) is 0. The molecule has 0 unspecified atom stereocenters. The van der Waals surface area contributed by atoms with Crippen molar-refractivity contribution in [3.05, 3.63) is 51.4 Å². The Balaban J connectivity index is 1.88. The maximum atomic E-state index is 12.6. The number of rotatable bonds is 4. The van der Waals surface area contributed by atoms with Gasteiger partial charge in [0.1, 0.15) is 0 Å². The number of hydrogen-bond donors (Lipinski definition) is 1. The van der Waals surface area contributed by atoms with E-state index in [4.69, 9.17) is 5.11 Å². The summed E-state index contributed by atoms with van der Waals surface area (Å²) in [4.78, 5) is 34.4. The number of aromatic nitrogens is 1. The van der Waals surface area contributed by atoms with Crippen LogP contribution in [-0.4, -0.2) is 38.6 Å². The lowest BCUT2D eigenvalue weighted by Gasteiger charge is -2.11. The van der Waals surface area contributed by atoms with Gasteiger partial charge in [0.2, 0.25) is 5.13 Å². The lowest BCUT2D eigenvalue weighted by Crippen LogP contribution is -2.28. The van der Waals surface area contributed by atoms with Crippen molar-refractivity contribution >= 4 is 51.4 Å². The van der Waals surface area contributed by atoms with Gasteiger partial charge in [0.05, 0.1) is 16.2 Å². The molecule has 6 nitrogen and oxygen atoms in total. The van der Waals surface area contributed by atoms with E-state index >= 15 is 0 Å². The first kappa shape index (κ1) is 17.4. The molecule has 1 aliphatic heterocycles. The Kier molecular flexibility index (Phi) is 5.00. The molecule has 0 atom stereocenters. The van der Waals surface area contributed by atoms with Crippen LogP contribution in [0.25, 0.3) is 6.08 Å². The van der Waals surface area contributed by atoms with Gasteiger partial charge in [-0.1, -0.05) is 12.1 Å². The number of carbonyl (C=O) groups excluding carboxylic acids is 1. The van der Waals surface area contributed by atoms with Gasteiger partial charge in [-0.25, -0.2) is 9.78 Å². The average Bonchev–Trinajstić information content (AvgIpc) is 3.12. The number of carbonyl (C=O) groups is 2. The van der Waals surface area contributed by atoms with E-state index in [0.717, 1.165) is 11.3 Å². The molecule has 25 heavy (non-hydrogen) atoms. The van der Waals surface area contributed by atoms with E-state index in [2.05, 4.69) is 9.98 Å². The first-order valence-electron chi connectivity index (χ1n) is 7.53. The number of amidine groups is 1. The summed E-state index contributed by atoms with van der Waals surface area (Å²) in [6.07, 6.45) is 1.75. The van der Waals surface area contributed by atoms with Crippen molar-refractivity contribution in [3.63, 3.8) is 0 Å². The van der Waals surface area contributed by atoms with Crippen LogP contribution in [0, 0.1) is 6.92 Å². The van der Waals surface area contributed by atoms with E-state index in [1.165, 1.54) is 35.2 Å². The number of aromatic carboxylic acids is 1. The first-order chi connectivity index (χ1) is 12.0. The van der Waals surface area contributed by atoms with Gasteiger partial charge in [0, 0.05) is 11.9 Å². The Hall–Kier alpha value is -2.45. The van der Waals surface area contributed by atoms with Crippen LogP contribution in [0.4, 0.5) is 5.13 Å². The Labute approximate surface area is 152 Å². The molecule has 1 amide bonds. The highest BCUT2D eigenvalue weighted by atomic mass is 32.2. The van der Waals surface area contributed by atoms with Crippen molar-refractivity contribution in [1.82, 2.24) is 9.88 Å². The molecule has 8 heteroatoms. The summed E-state index contributed by atoms with van der Waals surface area (Å²) in [6, 6.07) is 6.40. The van der Waals surface area contributed by atoms with Gasteiger partial charge in [-0.05, 0) is 49.4 Å². The van der Waals surface area contributed by atoms with Gasteiger partial charge >= 0.3 is 5.97 Å². The molecule has 1 aromatic heterocycles. The number of likely N-dealkylation sites (N-methyl/N-ethyl adjacent to an activating group) is 1. The van der Waals surface area contributed by atoms with Gasteiger partial charge < -0.3 is 5.11 Å². The van der Waals surface area contributed by atoms with Crippen molar-refractivity contribution in [2.45, 2.75) is 13.8 Å². The molecule has 128 valence electrons. The molecule has 1 aromatic carbocycles. The van der Waals surface area contributed by atoms with Crippen LogP contribution < -0.4 is 0 Å². The quantitative estimate of drug-likeness (QED) is 0.825. The van der Waals surface area contributed by atoms with Crippen molar-refractivity contribution in [1.29, 1.82) is 0 Å². The molecule has 0 spiro atoms. The fourth-order valence-corrected chi connectivity index (χ4v) is 3.98. The number of benzene rings is 1. The van der Waals surface area contributed by atoms with E-state index < -0.39 is 5.97 Å². The summed E-state index contributed by atoms with van der Waals surface area (Å²) in [5.74, 6) is -1.09. The molecule has 2 heterocycles. The number of thioether (sulfide) groups is 1. The number of aliphatic imine (C=N–C) groups is 1. The Morgan fingerprint density at radius 2 is 2.08 bits per heavy atom. The first-order valence-corrected chi connectivity index (χ1v) is 9.23. The summed E-state index contributed by atoms with van der Waals surface area (Å²) in [6.45, 7) is 4.31. The number of carboxylic acids is 1. The van der Waals surface area contributed by atoms with Crippen LogP contribution in [0.3, 0.4) is 0 Å². The van der Waals surface area contributed by atoms with Crippen molar-refractivity contribution in [3.8, 4) is 0 Å². The molecule has 1 saturated heterocycles. The Bertz CT molecular complexity index is 885. The monoisotopic (exact) mass is 373 g/mol.